The lowest BCUT2D eigenvalue weighted by atomic mass is 9.99. The number of thioether (sulfide) groups is 1. The molecule has 3 aromatic carbocycles. The minimum atomic E-state index is -0.706. The monoisotopic (exact) mass is 721 g/mol. The van der Waals surface area contributed by atoms with Gasteiger partial charge >= 0.3 is 0 Å². The number of hydrogen-bond donors (Lipinski definition) is 1. The third-order valence-corrected chi connectivity index (χ3v) is 8.60. The summed E-state index contributed by atoms with van der Waals surface area (Å²) in [7, 11) is 0. The molecule has 0 aliphatic carbocycles. The van der Waals surface area contributed by atoms with Gasteiger partial charge in [-0.2, -0.15) is 4.99 Å². The van der Waals surface area contributed by atoms with E-state index in [0.29, 0.717) is 34.5 Å². The molecule has 1 aliphatic heterocycles. The first-order chi connectivity index (χ1) is 23.3. The number of hydrogen-bond acceptors (Lipinski definition) is 5. The fourth-order valence-corrected chi connectivity index (χ4v) is 6.37. The quantitative estimate of drug-likeness (QED) is 0.0786. The van der Waals surface area contributed by atoms with Crippen LogP contribution in [0, 0.1) is 0 Å². The highest BCUT2D eigenvalue weighted by Gasteiger charge is 2.35. The number of amidine groups is 1. The number of aliphatic imine (C=N–C) groups is 1. The van der Waals surface area contributed by atoms with Crippen LogP contribution in [0.3, 0.4) is 0 Å². The lowest BCUT2D eigenvalue weighted by Crippen LogP contribution is -2.42. The van der Waals surface area contributed by atoms with Crippen LogP contribution >= 0.6 is 27.7 Å². The van der Waals surface area contributed by atoms with Crippen LogP contribution in [-0.4, -0.2) is 40.1 Å². The fraction of sp³-hybridized carbons (Fsp3) is 0.128. The van der Waals surface area contributed by atoms with Gasteiger partial charge in [-0.1, -0.05) is 116 Å². The molecular formula is C39H36BrN3O4S. The minimum absolute atomic E-state index is 0.0860. The molecule has 0 radical (unpaired) electrons. The second-order valence-electron chi connectivity index (χ2n) is 10.4. The van der Waals surface area contributed by atoms with Crippen LogP contribution in [0.1, 0.15) is 35.2 Å². The number of nitrogens with one attached hydrogen (secondary N) is 1. The summed E-state index contributed by atoms with van der Waals surface area (Å²) in [5.74, 6) is -1.02. The molecule has 0 saturated carbocycles. The molecule has 48 heavy (non-hydrogen) atoms. The predicted molar refractivity (Wildman–Crippen MR) is 199 cm³/mol. The molecule has 7 nitrogen and oxygen atoms in total. The molecule has 1 aliphatic rings. The molecule has 0 unspecified atom stereocenters. The van der Waals surface area contributed by atoms with Crippen molar-refractivity contribution in [1.29, 1.82) is 0 Å². The van der Waals surface area contributed by atoms with Crippen molar-refractivity contribution in [3.8, 4) is 5.75 Å². The van der Waals surface area contributed by atoms with Crippen molar-refractivity contribution in [2.75, 3.05) is 12.4 Å². The zero-order valence-electron chi connectivity index (χ0n) is 26.6. The van der Waals surface area contributed by atoms with Gasteiger partial charge in [-0.15, -0.1) is 6.58 Å². The zero-order chi connectivity index (χ0) is 34.5. The molecule has 244 valence electrons. The van der Waals surface area contributed by atoms with Gasteiger partial charge in [0.2, 0.25) is 5.91 Å². The lowest BCUT2D eigenvalue weighted by Gasteiger charge is -2.28. The summed E-state index contributed by atoms with van der Waals surface area (Å²) in [4.78, 5) is 46.6. The van der Waals surface area contributed by atoms with Crippen LogP contribution in [0.25, 0.3) is 6.08 Å². The third-order valence-electron chi connectivity index (χ3n) is 7.08. The number of nitrogens with zero attached hydrogens (tertiary/aromatic N) is 2. The Hall–Kier alpha value is -4.99. The van der Waals surface area contributed by atoms with Gasteiger partial charge in [0, 0.05) is 5.70 Å². The minimum Gasteiger partial charge on any atom is -0.488 e. The number of halogens is 1. The van der Waals surface area contributed by atoms with Crippen LogP contribution in [0.4, 0.5) is 0 Å². The van der Waals surface area contributed by atoms with Gasteiger partial charge in [0.25, 0.3) is 11.8 Å². The molecule has 3 amide bonds. The molecule has 9 heteroatoms. The van der Waals surface area contributed by atoms with Gasteiger partial charge in [-0.3, -0.25) is 19.3 Å². The van der Waals surface area contributed by atoms with E-state index in [1.54, 1.807) is 49.4 Å². The Morgan fingerprint density at radius 3 is 2.27 bits per heavy atom. The SMILES string of the molecule is C=C/C=C\C(=C/C)N1C(=O)/C(=C/c2cc(Br)c(OCC=C)c(CC=C)c2)C(=O)N=C1SCC(=O)NC(c1ccccc1)c1ccccc1. The average molecular weight is 723 g/mol. The fourth-order valence-electron chi connectivity index (χ4n) is 4.93. The standard InChI is InChI=1S/C39H36BrN3O4S/c1-5-9-21-31(8-4)43-38(46)32(24-27-23-30(16-6-2)36(33(40)25-27)47-22-7-3)37(45)42-39(43)48-26-34(44)41-35(28-17-12-10-13-18-28)29-19-14-11-15-20-29/h5-15,17-21,23-25,35H,1-3,16,22,26H2,4H3,(H,41,44)/b21-9-,31-8+,32-24+. The maximum Gasteiger partial charge on any atom is 0.285 e. The first-order valence-electron chi connectivity index (χ1n) is 15.1. The van der Waals surface area contributed by atoms with Crippen molar-refractivity contribution in [3.63, 3.8) is 0 Å². The largest absolute Gasteiger partial charge is 0.488 e. The Kier molecular flexibility index (Phi) is 13.3. The zero-order valence-corrected chi connectivity index (χ0v) is 29.0. The predicted octanol–water partition coefficient (Wildman–Crippen LogP) is 8.14. The smallest absolute Gasteiger partial charge is 0.285 e. The van der Waals surface area contributed by atoms with E-state index < -0.39 is 11.8 Å². The highest BCUT2D eigenvalue weighted by Crippen LogP contribution is 2.34. The van der Waals surface area contributed by atoms with Gasteiger partial charge in [0.05, 0.1) is 16.3 Å². The summed E-state index contributed by atoms with van der Waals surface area (Å²) < 4.78 is 6.49. The summed E-state index contributed by atoms with van der Waals surface area (Å²) in [6, 6.07) is 22.5. The number of rotatable bonds is 14. The Balaban J connectivity index is 1.66. The molecule has 4 rings (SSSR count). The second kappa shape index (κ2) is 17.8. The van der Waals surface area contributed by atoms with E-state index in [-0.39, 0.29) is 28.4 Å². The topological polar surface area (TPSA) is 88.1 Å². The van der Waals surface area contributed by atoms with E-state index in [2.05, 4.69) is 46.0 Å². The summed E-state index contributed by atoms with van der Waals surface area (Å²) in [6.07, 6.45) is 12.1. The van der Waals surface area contributed by atoms with Crippen molar-refractivity contribution >= 4 is 56.7 Å². The number of carbonyl (C=O) groups excluding carboxylic acids is 3. The Labute approximate surface area is 294 Å². The average Bonchev–Trinajstić information content (AvgIpc) is 3.09. The highest BCUT2D eigenvalue weighted by atomic mass is 79.9. The lowest BCUT2D eigenvalue weighted by molar-refractivity contribution is -0.126. The van der Waals surface area contributed by atoms with Crippen LogP contribution in [0.2, 0.25) is 0 Å². The van der Waals surface area contributed by atoms with Crippen molar-refractivity contribution < 1.29 is 19.1 Å². The molecule has 0 saturated heterocycles. The van der Waals surface area contributed by atoms with Crippen LogP contribution in [0.15, 0.2) is 150 Å². The molecule has 1 heterocycles. The normalized spacial score (nSPS) is 14.3. The molecule has 1 N–H and O–H groups in total. The van der Waals surface area contributed by atoms with Crippen LogP contribution in [-0.2, 0) is 20.8 Å². The summed E-state index contributed by atoms with van der Waals surface area (Å²) in [5, 5.41) is 3.19. The van der Waals surface area contributed by atoms with E-state index >= 15 is 0 Å². The summed E-state index contributed by atoms with van der Waals surface area (Å²) in [5.41, 5.74) is 3.61. The van der Waals surface area contributed by atoms with E-state index in [1.165, 1.54) is 11.0 Å². The van der Waals surface area contributed by atoms with Crippen LogP contribution in [0.5, 0.6) is 5.75 Å². The van der Waals surface area contributed by atoms with Crippen molar-refractivity contribution in [3.05, 3.63) is 167 Å². The number of amides is 3. The number of carbonyl (C=O) groups is 3. The molecule has 3 aromatic rings. The Morgan fingerprint density at radius 1 is 1.02 bits per heavy atom. The van der Waals surface area contributed by atoms with Gasteiger partial charge in [0.15, 0.2) is 5.17 Å². The first kappa shape index (κ1) is 35.9. The maximum atomic E-state index is 14.1. The van der Waals surface area contributed by atoms with E-state index in [1.807, 2.05) is 66.7 Å². The summed E-state index contributed by atoms with van der Waals surface area (Å²) in [6.45, 7) is 13.4. The Bertz CT molecular complexity index is 1770. The maximum absolute atomic E-state index is 14.1. The number of ether oxygens (including phenoxy) is 1. The van der Waals surface area contributed by atoms with Crippen molar-refractivity contribution in [2.24, 2.45) is 4.99 Å². The van der Waals surface area contributed by atoms with Gasteiger partial charge in [-0.25, -0.2) is 0 Å². The Morgan fingerprint density at radius 2 is 1.69 bits per heavy atom. The van der Waals surface area contributed by atoms with E-state index in [9.17, 15) is 14.4 Å². The van der Waals surface area contributed by atoms with Crippen LogP contribution < -0.4 is 10.1 Å². The van der Waals surface area contributed by atoms with Gasteiger partial charge < -0.3 is 10.1 Å². The third kappa shape index (κ3) is 9.08. The molecule has 0 aromatic heterocycles. The molecule has 0 bridgehead atoms. The molecule has 0 atom stereocenters. The van der Waals surface area contributed by atoms with Gasteiger partial charge in [-0.05, 0) is 75.8 Å². The number of benzene rings is 3. The first-order valence-corrected chi connectivity index (χ1v) is 16.9. The van der Waals surface area contributed by atoms with Crippen molar-refractivity contribution in [1.82, 2.24) is 10.2 Å². The molecular weight excluding hydrogens is 686 g/mol. The number of allylic oxidation sites excluding steroid dienone is 5. The van der Waals surface area contributed by atoms with E-state index in [0.717, 1.165) is 28.5 Å². The van der Waals surface area contributed by atoms with Gasteiger partial charge in [0.1, 0.15) is 17.9 Å². The highest BCUT2D eigenvalue weighted by molar-refractivity contribution is 9.10. The van der Waals surface area contributed by atoms with E-state index in [4.69, 9.17) is 4.74 Å². The molecule has 0 fully saturated rings. The molecule has 0 spiro atoms. The second-order valence-corrected chi connectivity index (χ2v) is 12.2. The van der Waals surface area contributed by atoms with Crippen molar-refractivity contribution in [2.45, 2.75) is 19.4 Å². The summed E-state index contributed by atoms with van der Waals surface area (Å²) >= 11 is 4.57.